The van der Waals surface area contributed by atoms with E-state index in [4.69, 9.17) is 6.42 Å². The van der Waals surface area contributed by atoms with Crippen LogP contribution in [0.5, 0.6) is 0 Å². The number of piperidine rings is 1. The topological polar surface area (TPSA) is 31.1 Å². The fourth-order valence-electron chi connectivity index (χ4n) is 3.67. The lowest BCUT2D eigenvalue weighted by Crippen LogP contribution is -2.45. The number of rotatable bonds is 3. The Morgan fingerprint density at radius 2 is 2.04 bits per heavy atom. The van der Waals surface area contributed by atoms with E-state index in [0.29, 0.717) is 12.5 Å². The van der Waals surface area contributed by atoms with Gasteiger partial charge in [0.15, 0.2) is 0 Å². The normalized spacial score (nSPS) is 17.3. The summed E-state index contributed by atoms with van der Waals surface area (Å²) in [6.45, 7) is 9.83. The molecular formula is C20H27N3. The van der Waals surface area contributed by atoms with E-state index in [1.165, 1.54) is 42.4 Å². The first-order valence-corrected chi connectivity index (χ1v) is 8.53. The zero-order valence-corrected chi connectivity index (χ0v) is 14.4. The maximum absolute atomic E-state index is 5.36. The van der Waals surface area contributed by atoms with Gasteiger partial charge in [-0.05, 0) is 64.3 Å². The highest BCUT2D eigenvalue weighted by Crippen LogP contribution is 2.36. The molecule has 3 heteroatoms. The Morgan fingerprint density at radius 1 is 1.30 bits per heavy atom. The maximum atomic E-state index is 5.36. The van der Waals surface area contributed by atoms with Gasteiger partial charge in [-0.15, -0.1) is 6.42 Å². The molecule has 3 rings (SSSR count). The molecule has 0 bridgehead atoms. The van der Waals surface area contributed by atoms with E-state index in [1.54, 1.807) is 0 Å². The Morgan fingerprint density at radius 3 is 2.70 bits per heavy atom. The number of fused-ring (bicyclic) bond motifs is 1. The summed E-state index contributed by atoms with van der Waals surface area (Å²) in [5, 5.41) is 4.64. The van der Waals surface area contributed by atoms with Crippen LogP contribution in [0, 0.1) is 12.3 Å². The van der Waals surface area contributed by atoms with Gasteiger partial charge in [0.2, 0.25) is 0 Å². The van der Waals surface area contributed by atoms with E-state index in [2.05, 4.69) is 66.3 Å². The molecule has 0 saturated carbocycles. The summed E-state index contributed by atoms with van der Waals surface area (Å²) in [6.07, 6.45) is 10.0. The molecule has 122 valence electrons. The van der Waals surface area contributed by atoms with E-state index in [1.807, 2.05) is 0 Å². The van der Waals surface area contributed by atoms with Crippen molar-refractivity contribution in [2.75, 3.05) is 25.0 Å². The second kappa shape index (κ2) is 6.29. The van der Waals surface area contributed by atoms with Crippen LogP contribution in [0.4, 0.5) is 5.69 Å². The molecule has 0 amide bonds. The fourth-order valence-corrected chi connectivity index (χ4v) is 3.67. The number of hydrogen-bond donors (Lipinski definition) is 2. The highest BCUT2D eigenvalue weighted by Gasteiger charge is 2.28. The summed E-state index contributed by atoms with van der Waals surface area (Å²) in [6, 6.07) is 6.42. The highest BCUT2D eigenvalue weighted by molar-refractivity contribution is 5.93. The number of terminal acetylenes is 1. The molecule has 1 aliphatic heterocycles. The fraction of sp³-hybridized carbons (Fsp3) is 0.500. The van der Waals surface area contributed by atoms with Gasteiger partial charge in [0.05, 0.1) is 17.7 Å². The predicted molar refractivity (Wildman–Crippen MR) is 98.9 cm³/mol. The van der Waals surface area contributed by atoms with Crippen molar-refractivity contribution in [1.29, 1.82) is 0 Å². The molecule has 1 aromatic heterocycles. The number of anilines is 1. The molecule has 2 N–H and O–H groups in total. The minimum absolute atomic E-state index is 0.275. The molecule has 1 aliphatic rings. The lowest BCUT2D eigenvalue weighted by molar-refractivity contribution is 0.102. The van der Waals surface area contributed by atoms with Crippen LogP contribution in [0.25, 0.3) is 10.9 Å². The first kappa shape index (κ1) is 16.0. The minimum Gasteiger partial charge on any atom is -0.372 e. The average Bonchev–Trinajstić information content (AvgIpc) is 2.97. The van der Waals surface area contributed by atoms with Crippen LogP contribution < -0.4 is 5.32 Å². The number of nitrogens with zero attached hydrogens (tertiary/aromatic N) is 1. The summed E-state index contributed by atoms with van der Waals surface area (Å²) in [4.78, 5) is 6.06. The molecule has 1 aromatic carbocycles. The van der Waals surface area contributed by atoms with Gasteiger partial charge in [-0.3, -0.25) is 4.90 Å². The number of para-hydroxylation sites is 1. The third-order valence-corrected chi connectivity index (χ3v) is 5.01. The van der Waals surface area contributed by atoms with Crippen molar-refractivity contribution in [2.24, 2.45) is 0 Å². The molecule has 0 atom stereocenters. The van der Waals surface area contributed by atoms with Crippen LogP contribution >= 0.6 is 0 Å². The molecule has 23 heavy (non-hydrogen) atoms. The SMILES string of the molecule is C#CCNc1cccc2c(C3CCN(C(C)(C)C)CC3)c[nH]c12. The van der Waals surface area contributed by atoms with Crippen molar-refractivity contribution in [3.05, 3.63) is 30.0 Å². The lowest BCUT2D eigenvalue weighted by atomic mass is 9.87. The molecule has 0 unspecified atom stereocenters. The third-order valence-electron chi connectivity index (χ3n) is 5.01. The number of benzene rings is 1. The largest absolute Gasteiger partial charge is 0.372 e. The van der Waals surface area contributed by atoms with E-state index in [9.17, 15) is 0 Å². The Labute approximate surface area is 139 Å². The molecule has 1 fully saturated rings. The molecule has 0 radical (unpaired) electrons. The van der Waals surface area contributed by atoms with Crippen LogP contribution in [0.1, 0.15) is 45.1 Å². The number of likely N-dealkylation sites (tertiary alicyclic amines) is 1. The summed E-state index contributed by atoms with van der Waals surface area (Å²) < 4.78 is 0. The Hall–Kier alpha value is -1.92. The van der Waals surface area contributed by atoms with Gasteiger partial charge in [-0.1, -0.05) is 18.1 Å². The summed E-state index contributed by atoms with van der Waals surface area (Å²) in [5.74, 6) is 3.28. The zero-order valence-electron chi connectivity index (χ0n) is 14.4. The highest BCUT2D eigenvalue weighted by atomic mass is 15.2. The van der Waals surface area contributed by atoms with E-state index < -0.39 is 0 Å². The molecule has 2 aromatic rings. The minimum atomic E-state index is 0.275. The Balaban J connectivity index is 1.81. The second-order valence-electron chi connectivity index (χ2n) is 7.46. The number of nitrogens with one attached hydrogen (secondary N) is 2. The Bertz CT molecular complexity index is 707. The van der Waals surface area contributed by atoms with E-state index >= 15 is 0 Å². The maximum Gasteiger partial charge on any atom is 0.0764 e. The molecular weight excluding hydrogens is 282 g/mol. The van der Waals surface area contributed by atoms with Crippen LogP contribution in [0.2, 0.25) is 0 Å². The van der Waals surface area contributed by atoms with Crippen molar-refractivity contribution in [3.8, 4) is 12.3 Å². The van der Waals surface area contributed by atoms with Crippen molar-refractivity contribution in [1.82, 2.24) is 9.88 Å². The number of H-pyrrole nitrogens is 1. The second-order valence-corrected chi connectivity index (χ2v) is 7.46. The molecule has 3 nitrogen and oxygen atoms in total. The van der Waals surface area contributed by atoms with Crippen molar-refractivity contribution in [3.63, 3.8) is 0 Å². The molecule has 1 saturated heterocycles. The molecule has 0 aliphatic carbocycles. The summed E-state index contributed by atoms with van der Waals surface area (Å²) in [5.41, 5.74) is 4.00. The quantitative estimate of drug-likeness (QED) is 0.833. The lowest BCUT2D eigenvalue weighted by Gasteiger charge is -2.40. The number of aromatic nitrogens is 1. The third kappa shape index (κ3) is 3.23. The van der Waals surface area contributed by atoms with Gasteiger partial charge in [0, 0.05) is 17.1 Å². The van der Waals surface area contributed by atoms with Crippen molar-refractivity contribution in [2.45, 2.75) is 45.1 Å². The van der Waals surface area contributed by atoms with Gasteiger partial charge in [0.1, 0.15) is 0 Å². The van der Waals surface area contributed by atoms with Gasteiger partial charge in [-0.2, -0.15) is 0 Å². The summed E-state index contributed by atoms with van der Waals surface area (Å²) >= 11 is 0. The van der Waals surface area contributed by atoms with Crippen molar-refractivity contribution >= 4 is 16.6 Å². The summed E-state index contributed by atoms with van der Waals surface area (Å²) in [7, 11) is 0. The van der Waals surface area contributed by atoms with Crippen LogP contribution in [-0.2, 0) is 0 Å². The number of aromatic amines is 1. The van der Waals surface area contributed by atoms with Gasteiger partial charge < -0.3 is 10.3 Å². The monoisotopic (exact) mass is 309 g/mol. The predicted octanol–water partition coefficient (Wildman–Crippen LogP) is 4.19. The van der Waals surface area contributed by atoms with Crippen LogP contribution in [0.3, 0.4) is 0 Å². The van der Waals surface area contributed by atoms with E-state index in [0.717, 1.165) is 5.69 Å². The van der Waals surface area contributed by atoms with Crippen LogP contribution in [0.15, 0.2) is 24.4 Å². The van der Waals surface area contributed by atoms with Crippen molar-refractivity contribution < 1.29 is 0 Å². The standard InChI is InChI=1S/C20H27N3/c1-5-11-21-18-8-6-7-16-17(14-22-19(16)18)15-9-12-23(13-10-15)20(2,3)4/h1,6-8,14-15,21-22H,9-13H2,2-4H3. The van der Waals surface area contributed by atoms with E-state index in [-0.39, 0.29) is 5.54 Å². The smallest absolute Gasteiger partial charge is 0.0764 e. The van der Waals surface area contributed by atoms with Gasteiger partial charge in [-0.25, -0.2) is 0 Å². The first-order chi connectivity index (χ1) is 11.0. The number of hydrogen-bond acceptors (Lipinski definition) is 2. The average molecular weight is 309 g/mol. The van der Waals surface area contributed by atoms with Crippen LogP contribution in [-0.4, -0.2) is 35.1 Å². The zero-order chi connectivity index (χ0) is 16.4. The molecule has 2 heterocycles. The van der Waals surface area contributed by atoms with Gasteiger partial charge in [0.25, 0.3) is 0 Å². The molecule has 0 spiro atoms. The first-order valence-electron chi connectivity index (χ1n) is 8.53. The van der Waals surface area contributed by atoms with Gasteiger partial charge >= 0.3 is 0 Å². The Kier molecular flexibility index (Phi) is 4.37.